The fourth-order valence-corrected chi connectivity index (χ4v) is 4.85. The van der Waals surface area contributed by atoms with Crippen LogP contribution in [-0.2, 0) is 21.2 Å². The van der Waals surface area contributed by atoms with Gasteiger partial charge < -0.3 is 10.2 Å². The first-order valence-electron chi connectivity index (χ1n) is 10.0. The van der Waals surface area contributed by atoms with Crippen molar-refractivity contribution in [1.82, 2.24) is 9.80 Å². The number of sulfone groups is 1. The van der Waals surface area contributed by atoms with Gasteiger partial charge in [-0.1, -0.05) is 30.3 Å². The van der Waals surface area contributed by atoms with E-state index in [1.165, 1.54) is 12.5 Å². The number of carbonyl (C=O) groups is 1. The van der Waals surface area contributed by atoms with Crippen molar-refractivity contribution in [3.05, 3.63) is 60.2 Å². The van der Waals surface area contributed by atoms with Gasteiger partial charge in [0.05, 0.1) is 10.6 Å². The van der Waals surface area contributed by atoms with E-state index >= 15 is 0 Å². The molecule has 0 unspecified atom stereocenters. The van der Waals surface area contributed by atoms with Crippen LogP contribution >= 0.6 is 0 Å². The Balaban J connectivity index is 1.41. The van der Waals surface area contributed by atoms with Gasteiger partial charge >= 0.3 is 0 Å². The molecule has 0 saturated carbocycles. The topological polar surface area (TPSA) is 69.7 Å². The average Bonchev–Trinajstić information content (AvgIpc) is 2.70. The van der Waals surface area contributed by atoms with E-state index in [2.05, 4.69) is 39.4 Å². The molecule has 0 radical (unpaired) electrons. The van der Waals surface area contributed by atoms with Gasteiger partial charge in [0.2, 0.25) is 5.91 Å². The predicted molar refractivity (Wildman–Crippen MR) is 116 cm³/mol. The molecule has 0 atom stereocenters. The smallest absolute Gasteiger partial charge is 0.221 e. The molecule has 0 aliphatic carbocycles. The number of carbonyl (C=O) groups excluding carboxylic acids is 1. The largest absolute Gasteiger partial charge is 0.326 e. The zero-order valence-electron chi connectivity index (χ0n) is 16.9. The molecule has 3 rings (SSSR count). The number of nitrogens with one attached hydrogen (secondary N) is 1. The third-order valence-electron chi connectivity index (χ3n) is 5.14. The summed E-state index contributed by atoms with van der Waals surface area (Å²) >= 11 is 0. The fraction of sp³-hybridized carbons (Fsp3) is 0.409. The third kappa shape index (κ3) is 6.66. The first-order valence-corrected chi connectivity index (χ1v) is 11.7. The van der Waals surface area contributed by atoms with Crippen molar-refractivity contribution in [2.24, 2.45) is 0 Å². The lowest BCUT2D eigenvalue weighted by Gasteiger charge is -2.34. The summed E-state index contributed by atoms with van der Waals surface area (Å²) in [6.07, 6.45) is 0.620. The fourth-order valence-electron chi connectivity index (χ4n) is 3.56. The van der Waals surface area contributed by atoms with Gasteiger partial charge in [-0.25, -0.2) is 8.42 Å². The summed E-state index contributed by atoms with van der Waals surface area (Å²) < 4.78 is 25.1. The SMILES string of the molecule is CC(=O)Nc1ccc(S(=O)(=O)CCCN2CCN(Cc3ccccc3)CC2)cc1. The van der Waals surface area contributed by atoms with Gasteiger partial charge in [-0.15, -0.1) is 0 Å². The Bertz CT molecular complexity index is 891. The Morgan fingerprint density at radius 2 is 1.55 bits per heavy atom. The van der Waals surface area contributed by atoms with Gasteiger partial charge in [0, 0.05) is 45.3 Å². The maximum atomic E-state index is 12.5. The number of hydrogen-bond donors (Lipinski definition) is 1. The Morgan fingerprint density at radius 1 is 0.931 bits per heavy atom. The van der Waals surface area contributed by atoms with E-state index < -0.39 is 9.84 Å². The number of nitrogens with zero attached hydrogens (tertiary/aromatic N) is 2. The highest BCUT2D eigenvalue weighted by atomic mass is 32.2. The summed E-state index contributed by atoms with van der Waals surface area (Å²) in [7, 11) is -3.31. The summed E-state index contributed by atoms with van der Waals surface area (Å²) in [5.74, 6) is -0.0408. The van der Waals surface area contributed by atoms with Crippen molar-refractivity contribution in [3.63, 3.8) is 0 Å². The Labute approximate surface area is 173 Å². The van der Waals surface area contributed by atoms with Gasteiger partial charge in [-0.05, 0) is 42.8 Å². The van der Waals surface area contributed by atoms with Crippen molar-refractivity contribution in [1.29, 1.82) is 0 Å². The zero-order valence-corrected chi connectivity index (χ0v) is 17.7. The van der Waals surface area contributed by atoms with Crippen molar-refractivity contribution >= 4 is 21.4 Å². The molecule has 0 bridgehead atoms. The number of benzene rings is 2. The van der Waals surface area contributed by atoms with E-state index in [4.69, 9.17) is 0 Å². The van der Waals surface area contributed by atoms with Crippen LogP contribution in [0.15, 0.2) is 59.5 Å². The van der Waals surface area contributed by atoms with Gasteiger partial charge in [0.1, 0.15) is 0 Å². The molecule has 2 aromatic carbocycles. The highest BCUT2D eigenvalue weighted by Gasteiger charge is 2.19. The Morgan fingerprint density at radius 3 is 2.17 bits per heavy atom. The molecule has 7 heteroatoms. The number of amides is 1. The lowest BCUT2D eigenvalue weighted by atomic mass is 10.2. The minimum atomic E-state index is -3.31. The van der Waals surface area contributed by atoms with Crippen LogP contribution in [0.5, 0.6) is 0 Å². The van der Waals surface area contributed by atoms with Crippen LogP contribution in [0.1, 0.15) is 18.9 Å². The molecule has 1 aliphatic heterocycles. The monoisotopic (exact) mass is 415 g/mol. The minimum Gasteiger partial charge on any atom is -0.326 e. The van der Waals surface area contributed by atoms with Gasteiger partial charge in [-0.3, -0.25) is 9.69 Å². The molecule has 1 saturated heterocycles. The summed E-state index contributed by atoms with van der Waals surface area (Å²) in [5.41, 5.74) is 1.93. The normalized spacial score (nSPS) is 15.9. The van der Waals surface area contributed by atoms with E-state index in [-0.39, 0.29) is 11.7 Å². The van der Waals surface area contributed by atoms with Crippen LogP contribution in [0.2, 0.25) is 0 Å². The van der Waals surface area contributed by atoms with Crippen molar-refractivity contribution in [2.45, 2.75) is 24.8 Å². The zero-order chi connectivity index (χ0) is 20.7. The molecule has 29 heavy (non-hydrogen) atoms. The third-order valence-corrected chi connectivity index (χ3v) is 6.95. The molecular weight excluding hydrogens is 386 g/mol. The second-order valence-corrected chi connectivity index (χ2v) is 9.59. The van der Waals surface area contributed by atoms with Crippen LogP contribution in [-0.4, -0.2) is 62.6 Å². The summed E-state index contributed by atoms with van der Waals surface area (Å²) in [4.78, 5) is 16.2. The average molecular weight is 416 g/mol. The maximum Gasteiger partial charge on any atom is 0.221 e. The molecule has 1 heterocycles. The van der Waals surface area contributed by atoms with Crippen molar-refractivity contribution in [3.8, 4) is 0 Å². The molecule has 2 aromatic rings. The van der Waals surface area contributed by atoms with Gasteiger partial charge in [0.25, 0.3) is 0 Å². The summed E-state index contributed by atoms with van der Waals surface area (Å²) in [6.45, 7) is 7.14. The Kier molecular flexibility index (Phi) is 7.41. The second-order valence-electron chi connectivity index (χ2n) is 7.48. The Hall–Kier alpha value is -2.22. The maximum absolute atomic E-state index is 12.5. The predicted octanol–water partition coefficient (Wildman–Crippen LogP) is 2.63. The first kappa shape index (κ1) is 21.5. The number of hydrogen-bond acceptors (Lipinski definition) is 5. The van der Waals surface area contributed by atoms with Crippen LogP contribution in [0.25, 0.3) is 0 Å². The van der Waals surface area contributed by atoms with E-state index in [0.717, 1.165) is 39.3 Å². The van der Waals surface area contributed by atoms with E-state index in [1.54, 1.807) is 24.3 Å². The molecule has 1 amide bonds. The molecule has 1 aliphatic rings. The molecular formula is C22H29N3O3S. The quantitative estimate of drug-likeness (QED) is 0.718. The van der Waals surface area contributed by atoms with Gasteiger partial charge in [-0.2, -0.15) is 0 Å². The van der Waals surface area contributed by atoms with E-state index in [9.17, 15) is 13.2 Å². The van der Waals surface area contributed by atoms with Crippen LogP contribution in [0.3, 0.4) is 0 Å². The highest BCUT2D eigenvalue weighted by molar-refractivity contribution is 7.91. The lowest BCUT2D eigenvalue weighted by molar-refractivity contribution is -0.114. The van der Waals surface area contributed by atoms with E-state index in [1.807, 2.05) is 6.07 Å². The standard InChI is InChI=1S/C22H29N3O3S/c1-19(26)23-21-8-10-22(11-9-21)29(27,28)17-5-12-24-13-15-25(16-14-24)18-20-6-3-2-4-7-20/h2-4,6-11H,5,12-18H2,1H3,(H,23,26). The number of rotatable bonds is 8. The first-order chi connectivity index (χ1) is 13.9. The summed E-state index contributed by atoms with van der Waals surface area (Å²) in [6, 6.07) is 16.8. The van der Waals surface area contributed by atoms with Gasteiger partial charge in [0.15, 0.2) is 9.84 Å². The molecule has 1 fully saturated rings. The van der Waals surface area contributed by atoms with Crippen LogP contribution in [0, 0.1) is 0 Å². The number of anilines is 1. The lowest BCUT2D eigenvalue weighted by Crippen LogP contribution is -2.46. The van der Waals surface area contributed by atoms with E-state index in [0.29, 0.717) is 17.0 Å². The highest BCUT2D eigenvalue weighted by Crippen LogP contribution is 2.17. The molecule has 0 aromatic heterocycles. The van der Waals surface area contributed by atoms with Crippen molar-refractivity contribution < 1.29 is 13.2 Å². The molecule has 156 valence electrons. The number of piperazine rings is 1. The summed E-state index contributed by atoms with van der Waals surface area (Å²) in [5, 5.41) is 2.64. The molecule has 1 N–H and O–H groups in total. The molecule has 0 spiro atoms. The van der Waals surface area contributed by atoms with Crippen molar-refractivity contribution in [2.75, 3.05) is 43.8 Å². The second kappa shape index (κ2) is 10.0. The minimum absolute atomic E-state index is 0.136. The van der Waals surface area contributed by atoms with Crippen LogP contribution in [0.4, 0.5) is 5.69 Å². The molecule has 6 nitrogen and oxygen atoms in total. The van der Waals surface area contributed by atoms with Crippen LogP contribution < -0.4 is 5.32 Å².